The number of carboxylic acids is 3. The molecule has 25 heteroatoms. The van der Waals surface area contributed by atoms with Crippen LogP contribution in [0.1, 0.15) is 64.7 Å². The van der Waals surface area contributed by atoms with E-state index in [4.69, 9.17) is 29.8 Å². The van der Waals surface area contributed by atoms with E-state index in [0.29, 0.717) is 31.5 Å². The highest BCUT2D eigenvalue weighted by atomic mass is 127. The van der Waals surface area contributed by atoms with Crippen LogP contribution in [0.4, 0.5) is 0 Å². The van der Waals surface area contributed by atoms with E-state index in [2.05, 4.69) is 42.0 Å². The van der Waals surface area contributed by atoms with Gasteiger partial charge in [0, 0.05) is 67.5 Å². The van der Waals surface area contributed by atoms with Gasteiger partial charge in [0.25, 0.3) is 0 Å². The molecule has 0 aliphatic carbocycles. The molecule has 0 saturated heterocycles. The average molecular weight is 989 g/mol. The molecule has 348 valence electrons. The topological polar surface area (TPSA) is 361 Å². The molecule has 61 heavy (non-hydrogen) atoms. The Morgan fingerprint density at radius 1 is 0.525 bits per heavy atom. The number of hydrogen-bond donors (Lipinski definition) is 11. The first-order chi connectivity index (χ1) is 29.0. The summed E-state index contributed by atoms with van der Waals surface area (Å²) >= 11 is 1.83. The fraction of sp³-hybridized carbons (Fsp3) is 0.694. The molecule has 0 aliphatic heterocycles. The number of ether oxygens (including phenoxy) is 4. The van der Waals surface area contributed by atoms with Crippen LogP contribution in [0.3, 0.4) is 0 Å². The first kappa shape index (κ1) is 56.3. The van der Waals surface area contributed by atoms with Crippen LogP contribution >= 0.6 is 22.9 Å². The molecule has 24 nitrogen and oxygen atoms in total. The first-order valence-electron chi connectivity index (χ1n) is 19.4. The van der Waals surface area contributed by atoms with Crippen molar-refractivity contribution in [3.8, 4) is 0 Å². The number of halogens is 1. The van der Waals surface area contributed by atoms with Crippen LogP contribution < -0.4 is 41.2 Å². The lowest BCUT2D eigenvalue weighted by Gasteiger charge is -2.17. The monoisotopic (exact) mass is 988 g/mol. The van der Waals surface area contributed by atoms with E-state index in [9.17, 15) is 53.4 Å². The number of unbranched alkanes of at least 4 members (excludes halogenated alkanes) is 1. The number of carboxylic acid groups (broad SMARTS) is 3. The quantitative estimate of drug-likeness (QED) is 0.0171. The van der Waals surface area contributed by atoms with Gasteiger partial charge < -0.3 is 71.9 Å². The van der Waals surface area contributed by atoms with Gasteiger partial charge in [-0.3, -0.25) is 28.8 Å². The number of hydrogen-bond acceptors (Lipinski definition) is 15. The molecule has 0 aliphatic rings. The van der Waals surface area contributed by atoms with Crippen molar-refractivity contribution >= 4 is 76.2 Å². The summed E-state index contributed by atoms with van der Waals surface area (Å²) in [5.74, 6) is -7.11. The van der Waals surface area contributed by atoms with Gasteiger partial charge in [-0.1, -0.05) is 6.58 Å². The van der Waals surface area contributed by atoms with E-state index >= 15 is 0 Å². The summed E-state index contributed by atoms with van der Waals surface area (Å²) in [4.78, 5) is 106. The molecule has 0 radical (unpaired) electrons. The Bertz CT molecular complexity index is 1430. The Kier molecular flexibility index (Phi) is 32.3. The minimum atomic E-state index is -1.47. The number of carbonyl (C=O) groups excluding carboxylic acids is 6. The smallest absolute Gasteiger partial charge is 0.326 e. The number of carbonyl (C=O) groups is 9. The number of nitrogens with two attached hydrogens (primary N) is 1. The summed E-state index contributed by atoms with van der Waals surface area (Å²) in [7, 11) is 0. The van der Waals surface area contributed by atoms with E-state index in [1.807, 2.05) is 22.9 Å². The predicted molar refractivity (Wildman–Crippen MR) is 223 cm³/mol. The third-order valence-electron chi connectivity index (χ3n) is 8.03. The van der Waals surface area contributed by atoms with E-state index in [1.165, 1.54) is 0 Å². The summed E-state index contributed by atoms with van der Waals surface area (Å²) in [5, 5.41) is 43.1. The van der Waals surface area contributed by atoms with Crippen LogP contribution in [0.5, 0.6) is 0 Å². The van der Waals surface area contributed by atoms with Gasteiger partial charge in [0.05, 0.1) is 45.7 Å². The maximum atomic E-state index is 12.4. The highest BCUT2D eigenvalue weighted by molar-refractivity contribution is 14.1. The second kappa shape index (κ2) is 35.0. The minimum Gasteiger partial charge on any atom is -0.480 e. The van der Waals surface area contributed by atoms with E-state index < -0.39 is 84.6 Å². The molecule has 6 amide bonds. The number of allylic oxidation sites excluding steroid dienone is 1. The Labute approximate surface area is 367 Å². The highest BCUT2D eigenvalue weighted by Gasteiger charge is 2.25. The van der Waals surface area contributed by atoms with Gasteiger partial charge in [0.1, 0.15) is 31.3 Å². The number of primary amides is 1. The summed E-state index contributed by atoms with van der Waals surface area (Å²) in [6.07, 6.45) is 0.539. The molecule has 0 fully saturated rings. The average Bonchev–Trinajstić information content (AvgIpc) is 3.19. The van der Waals surface area contributed by atoms with Crippen molar-refractivity contribution in [2.24, 2.45) is 5.73 Å². The third kappa shape index (κ3) is 31.8. The lowest BCUT2D eigenvalue weighted by molar-refractivity contribution is -0.144. The van der Waals surface area contributed by atoms with Gasteiger partial charge in [-0.15, -0.1) is 0 Å². The molecular weight excluding hydrogens is 927 g/mol. The Hall–Kier alpha value is -4.70. The standard InChI is InChI=1S/C36H61IN8O16/c1-23(2)42-25(34(52)53)6-9-29(47)40-13-15-58-17-19-60-21-31(49)41-14-16-59-18-20-61-22-32(50)44-27(36(56)57)8-11-30(48)43-26(35(54)55)7-10-28(46)39-12-4-3-5-24(45-37)33(38)51/h24-27,42,45H,1,3-22H2,2H3,(H2,38,51)(H,39,46)(H,40,47)(H,41,49)(H,43,48)(H,44,50)(H,52,53)(H,54,55)(H,56,57)/t24-,25-,26-,27?/m0/s1. The zero-order valence-corrected chi connectivity index (χ0v) is 36.4. The van der Waals surface area contributed by atoms with Crippen molar-refractivity contribution in [3.05, 3.63) is 12.3 Å². The van der Waals surface area contributed by atoms with E-state index in [1.54, 1.807) is 6.92 Å². The zero-order chi connectivity index (χ0) is 46.0. The van der Waals surface area contributed by atoms with E-state index in [0.717, 1.165) is 0 Å². The van der Waals surface area contributed by atoms with Gasteiger partial charge in [0.15, 0.2) is 0 Å². The van der Waals surface area contributed by atoms with Crippen LogP contribution in [0.2, 0.25) is 0 Å². The van der Waals surface area contributed by atoms with Gasteiger partial charge in [-0.25, -0.2) is 17.9 Å². The molecule has 0 rings (SSSR count). The van der Waals surface area contributed by atoms with Crippen molar-refractivity contribution < 1.29 is 77.4 Å². The van der Waals surface area contributed by atoms with Gasteiger partial charge in [-0.05, 0) is 45.4 Å². The van der Waals surface area contributed by atoms with Crippen molar-refractivity contribution in [1.82, 2.24) is 35.4 Å². The van der Waals surface area contributed by atoms with E-state index in [-0.39, 0.29) is 97.3 Å². The normalized spacial score (nSPS) is 12.8. The molecule has 0 aromatic heterocycles. The molecule has 12 N–H and O–H groups in total. The summed E-state index contributed by atoms with van der Waals surface area (Å²) in [6.45, 7) is 5.77. The SMILES string of the molecule is C=C(C)N[C@@H](CCC(=O)NCCOCCOCC(=O)NCCOCCOCC(=O)NC(CCC(=O)N[C@@H](CCC(=O)NCCCC[C@H](NI)C(N)=O)C(=O)O)C(=O)O)C(=O)O. The number of amides is 6. The van der Waals surface area contributed by atoms with Crippen LogP contribution in [-0.4, -0.2) is 165 Å². The maximum absolute atomic E-state index is 12.4. The second-order valence-corrected chi connectivity index (χ2v) is 13.9. The molecule has 1 unspecified atom stereocenters. The van der Waals surface area contributed by atoms with Crippen LogP contribution in [-0.2, 0) is 62.1 Å². The zero-order valence-electron chi connectivity index (χ0n) is 34.3. The van der Waals surface area contributed by atoms with Gasteiger partial charge >= 0.3 is 17.9 Å². The summed E-state index contributed by atoms with van der Waals surface area (Å²) < 4.78 is 23.8. The largest absolute Gasteiger partial charge is 0.480 e. The molecule has 0 aromatic rings. The first-order valence-corrected chi connectivity index (χ1v) is 20.5. The molecule has 0 saturated carbocycles. The van der Waals surface area contributed by atoms with Crippen molar-refractivity contribution in [2.75, 3.05) is 72.5 Å². The van der Waals surface area contributed by atoms with Gasteiger partial charge in [-0.2, -0.15) is 0 Å². The molecular formula is C36H61IN8O16. The number of nitrogens with one attached hydrogen (secondary N) is 7. The number of rotatable bonds is 39. The Morgan fingerprint density at radius 2 is 0.934 bits per heavy atom. The molecule has 0 bridgehead atoms. The fourth-order valence-corrected chi connectivity index (χ4v) is 5.49. The van der Waals surface area contributed by atoms with Gasteiger partial charge in [0.2, 0.25) is 35.4 Å². The highest BCUT2D eigenvalue weighted by Crippen LogP contribution is 2.05. The summed E-state index contributed by atoms with van der Waals surface area (Å²) in [6, 6.07) is -4.28. The van der Waals surface area contributed by atoms with Crippen LogP contribution in [0.15, 0.2) is 12.3 Å². The molecule has 4 atom stereocenters. The Balaban J connectivity index is 4.06. The fourth-order valence-electron chi connectivity index (χ4n) is 4.87. The molecule has 0 spiro atoms. The minimum absolute atomic E-state index is 0.00978. The van der Waals surface area contributed by atoms with Crippen molar-refractivity contribution in [1.29, 1.82) is 0 Å². The lowest BCUT2D eigenvalue weighted by Crippen LogP contribution is -2.45. The number of aliphatic carboxylic acids is 3. The summed E-state index contributed by atoms with van der Waals surface area (Å²) in [5.41, 5.74) is 5.74. The van der Waals surface area contributed by atoms with Crippen LogP contribution in [0, 0.1) is 0 Å². The van der Waals surface area contributed by atoms with Crippen molar-refractivity contribution in [3.63, 3.8) is 0 Å². The molecule has 0 aromatic carbocycles. The maximum Gasteiger partial charge on any atom is 0.326 e. The predicted octanol–water partition coefficient (Wildman–Crippen LogP) is -2.58. The lowest BCUT2D eigenvalue weighted by atomic mass is 10.1. The third-order valence-corrected chi connectivity index (χ3v) is 8.78. The second-order valence-electron chi connectivity index (χ2n) is 13.3. The Morgan fingerprint density at radius 3 is 1.39 bits per heavy atom. The van der Waals surface area contributed by atoms with Crippen molar-refractivity contribution in [2.45, 2.75) is 88.9 Å². The molecule has 0 heterocycles. The van der Waals surface area contributed by atoms with Crippen LogP contribution in [0.25, 0.3) is 0 Å².